The van der Waals surface area contributed by atoms with Crippen LogP contribution < -0.4 is 14.4 Å². The lowest BCUT2D eigenvalue weighted by Crippen LogP contribution is -2.60. The SMILES string of the molecule is CN(C(=O)c1cccc2c1OCCO2)C1CN(c2ccc(C(C)(C)C)nn2)C1. The van der Waals surface area contributed by atoms with Crippen LogP contribution in [0.4, 0.5) is 5.82 Å². The van der Waals surface area contributed by atoms with Crippen LogP contribution >= 0.6 is 0 Å². The molecule has 2 aliphatic heterocycles. The van der Waals surface area contributed by atoms with Gasteiger partial charge >= 0.3 is 0 Å². The van der Waals surface area contributed by atoms with Gasteiger partial charge in [-0.3, -0.25) is 4.79 Å². The molecule has 0 spiro atoms. The number of amides is 1. The molecular formula is C21H26N4O3. The zero-order valence-corrected chi connectivity index (χ0v) is 16.8. The number of ether oxygens (including phenoxy) is 2. The third kappa shape index (κ3) is 3.37. The molecular weight excluding hydrogens is 356 g/mol. The Morgan fingerprint density at radius 2 is 1.86 bits per heavy atom. The Morgan fingerprint density at radius 1 is 1.11 bits per heavy atom. The average Bonchev–Trinajstić information content (AvgIpc) is 2.65. The van der Waals surface area contributed by atoms with Crippen molar-refractivity contribution in [2.24, 2.45) is 0 Å². The Morgan fingerprint density at radius 3 is 2.54 bits per heavy atom. The maximum atomic E-state index is 13.0. The van der Waals surface area contributed by atoms with Gasteiger partial charge in [-0.2, -0.15) is 5.10 Å². The summed E-state index contributed by atoms with van der Waals surface area (Å²) in [5.74, 6) is 1.97. The molecule has 1 fully saturated rings. The molecule has 0 unspecified atom stereocenters. The highest BCUT2D eigenvalue weighted by molar-refractivity contribution is 5.98. The first-order valence-electron chi connectivity index (χ1n) is 9.59. The quantitative estimate of drug-likeness (QED) is 0.813. The minimum absolute atomic E-state index is 0.0176. The van der Waals surface area contributed by atoms with E-state index in [1.54, 1.807) is 11.0 Å². The van der Waals surface area contributed by atoms with E-state index in [4.69, 9.17) is 9.47 Å². The molecule has 4 rings (SSSR count). The number of para-hydroxylation sites is 1. The number of aromatic nitrogens is 2. The molecule has 3 heterocycles. The van der Waals surface area contributed by atoms with Gasteiger partial charge < -0.3 is 19.3 Å². The smallest absolute Gasteiger partial charge is 0.257 e. The largest absolute Gasteiger partial charge is 0.486 e. The van der Waals surface area contributed by atoms with Gasteiger partial charge in [0.1, 0.15) is 13.2 Å². The van der Waals surface area contributed by atoms with Crippen molar-refractivity contribution in [2.45, 2.75) is 32.2 Å². The number of likely N-dealkylation sites (N-methyl/N-ethyl adjacent to an activating group) is 1. The zero-order valence-electron chi connectivity index (χ0n) is 16.8. The molecule has 2 aromatic rings. The van der Waals surface area contributed by atoms with Crippen molar-refractivity contribution in [2.75, 3.05) is 38.3 Å². The van der Waals surface area contributed by atoms with Crippen molar-refractivity contribution >= 4 is 11.7 Å². The Hall–Kier alpha value is -2.83. The topological polar surface area (TPSA) is 67.8 Å². The van der Waals surface area contributed by atoms with E-state index < -0.39 is 0 Å². The minimum Gasteiger partial charge on any atom is -0.486 e. The molecule has 0 atom stereocenters. The molecule has 7 heteroatoms. The number of nitrogens with zero attached hydrogens (tertiary/aromatic N) is 4. The first kappa shape index (κ1) is 18.5. The predicted octanol–water partition coefficient (Wildman–Crippen LogP) is 2.51. The summed E-state index contributed by atoms with van der Waals surface area (Å²) in [6.45, 7) is 8.79. The summed E-state index contributed by atoms with van der Waals surface area (Å²) in [6.07, 6.45) is 0. The lowest BCUT2D eigenvalue weighted by molar-refractivity contribution is 0.0695. The van der Waals surface area contributed by atoms with Crippen molar-refractivity contribution in [1.82, 2.24) is 15.1 Å². The number of rotatable bonds is 3. The second-order valence-electron chi connectivity index (χ2n) is 8.33. The van der Waals surface area contributed by atoms with Gasteiger partial charge in [0.25, 0.3) is 5.91 Å². The summed E-state index contributed by atoms with van der Waals surface area (Å²) < 4.78 is 11.3. The Labute approximate surface area is 165 Å². The monoisotopic (exact) mass is 382 g/mol. The van der Waals surface area contributed by atoms with Crippen LogP contribution in [0.2, 0.25) is 0 Å². The number of anilines is 1. The van der Waals surface area contributed by atoms with E-state index >= 15 is 0 Å². The summed E-state index contributed by atoms with van der Waals surface area (Å²) in [5.41, 5.74) is 1.50. The lowest BCUT2D eigenvalue weighted by Gasteiger charge is -2.44. The number of hydrogen-bond donors (Lipinski definition) is 0. The van der Waals surface area contributed by atoms with E-state index in [0.717, 1.165) is 24.6 Å². The van der Waals surface area contributed by atoms with Gasteiger partial charge in [0.2, 0.25) is 0 Å². The van der Waals surface area contributed by atoms with Gasteiger partial charge in [0, 0.05) is 25.6 Å². The molecule has 28 heavy (non-hydrogen) atoms. The van der Waals surface area contributed by atoms with E-state index in [0.29, 0.717) is 30.3 Å². The van der Waals surface area contributed by atoms with Crippen molar-refractivity contribution in [3.63, 3.8) is 0 Å². The van der Waals surface area contributed by atoms with Gasteiger partial charge in [0.15, 0.2) is 17.3 Å². The Balaban J connectivity index is 1.41. The highest BCUT2D eigenvalue weighted by atomic mass is 16.6. The van der Waals surface area contributed by atoms with Crippen LogP contribution in [0.5, 0.6) is 11.5 Å². The summed E-state index contributed by atoms with van der Waals surface area (Å²) in [5, 5.41) is 8.71. The van der Waals surface area contributed by atoms with Gasteiger partial charge in [-0.25, -0.2) is 0 Å². The third-order valence-corrected chi connectivity index (χ3v) is 5.27. The highest BCUT2D eigenvalue weighted by Crippen LogP contribution is 2.35. The van der Waals surface area contributed by atoms with E-state index in [2.05, 4.69) is 35.9 Å². The fourth-order valence-electron chi connectivity index (χ4n) is 3.38. The van der Waals surface area contributed by atoms with Crippen LogP contribution in [0.3, 0.4) is 0 Å². The van der Waals surface area contributed by atoms with Crippen LogP contribution in [0.25, 0.3) is 0 Å². The number of carbonyl (C=O) groups excluding carboxylic acids is 1. The highest BCUT2D eigenvalue weighted by Gasteiger charge is 2.35. The van der Waals surface area contributed by atoms with Gasteiger partial charge in [-0.05, 0) is 24.3 Å². The van der Waals surface area contributed by atoms with Gasteiger partial charge in [-0.1, -0.05) is 26.8 Å². The molecule has 1 amide bonds. The van der Waals surface area contributed by atoms with Gasteiger partial charge in [-0.15, -0.1) is 5.10 Å². The molecule has 148 valence electrons. The second-order valence-corrected chi connectivity index (χ2v) is 8.33. The maximum Gasteiger partial charge on any atom is 0.257 e. The average molecular weight is 382 g/mol. The number of carbonyl (C=O) groups is 1. The van der Waals surface area contributed by atoms with Crippen LogP contribution in [-0.4, -0.2) is 60.4 Å². The van der Waals surface area contributed by atoms with Gasteiger partial charge in [0.05, 0.1) is 17.3 Å². The van der Waals surface area contributed by atoms with Crippen LogP contribution in [0.15, 0.2) is 30.3 Å². The molecule has 0 bridgehead atoms. The van der Waals surface area contributed by atoms with Crippen molar-refractivity contribution in [3.8, 4) is 11.5 Å². The van der Waals surface area contributed by atoms with Crippen LogP contribution in [0, 0.1) is 0 Å². The van der Waals surface area contributed by atoms with Crippen LogP contribution in [-0.2, 0) is 5.41 Å². The molecule has 0 aliphatic carbocycles. The zero-order chi connectivity index (χ0) is 19.9. The molecule has 0 radical (unpaired) electrons. The summed E-state index contributed by atoms with van der Waals surface area (Å²) in [4.78, 5) is 16.9. The molecule has 1 saturated heterocycles. The Kier molecular flexibility index (Phi) is 4.61. The summed E-state index contributed by atoms with van der Waals surface area (Å²) >= 11 is 0. The maximum absolute atomic E-state index is 13.0. The third-order valence-electron chi connectivity index (χ3n) is 5.27. The number of fused-ring (bicyclic) bond motifs is 1. The Bertz CT molecular complexity index is 870. The molecule has 0 N–H and O–H groups in total. The molecule has 0 saturated carbocycles. The number of hydrogen-bond acceptors (Lipinski definition) is 6. The fourth-order valence-corrected chi connectivity index (χ4v) is 3.38. The van der Waals surface area contributed by atoms with E-state index in [9.17, 15) is 4.79 Å². The molecule has 7 nitrogen and oxygen atoms in total. The summed E-state index contributed by atoms with van der Waals surface area (Å²) in [6, 6.07) is 9.60. The molecule has 1 aromatic carbocycles. The predicted molar refractivity (Wildman–Crippen MR) is 106 cm³/mol. The van der Waals surface area contributed by atoms with E-state index in [-0.39, 0.29) is 17.4 Å². The molecule has 1 aromatic heterocycles. The number of benzene rings is 1. The van der Waals surface area contributed by atoms with E-state index in [1.807, 2.05) is 31.3 Å². The minimum atomic E-state index is -0.0545. The standard InChI is InChI=1S/C21H26N4O3/c1-21(2,3)17-8-9-18(23-22-17)25-12-14(13-25)24(4)20(26)15-6-5-7-16-19(15)28-11-10-27-16/h5-9,14H,10-13H2,1-4H3. The van der Waals surface area contributed by atoms with Crippen molar-refractivity contribution < 1.29 is 14.3 Å². The lowest BCUT2D eigenvalue weighted by atomic mass is 9.92. The van der Waals surface area contributed by atoms with E-state index in [1.165, 1.54) is 0 Å². The van der Waals surface area contributed by atoms with Crippen molar-refractivity contribution in [1.29, 1.82) is 0 Å². The summed E-state index contributed by atoms with van der Waals surface area (Å²) in [7, 11) is 1.84. The fraction of sp³-hybridized carbons (Fsp3) is 0.476. The molecule has 2 aliphatic rings. The van der Waals surface area contributed by atoms with Crippen molar-refractivity contribution in [3.05, 3.63) is 41.6 Å². The first-order valence-corrected chi connectivity index (χ1v) is 9.59. The van der Waals surface area contributed by atoms with Crippen LogP contribution in [0.1, 0.15) is 36.8 Å². The second kappa shape index (κ2) is 6.96. The normalized spacial score (nSPS) is 16.5. The first-order chi connectivity index (χ1) is 13.3.